The Morgan fingerprint density at radius 2 is 2.04 bits per heavy atom. The molecule has 24 heavy (non-hydrogen) atoms. The van der Waals surface area contributed by atoms with Gasteiger partial charge in [0, 0.05) is 23.0 Å². The minimum atomic E-state index is 0.422. The molecule has 0 amide bonds. The molecule has 6 heteroatoms. The van der Waals surface area contributed by atoms with E-state index in [-0.39, 0.29) is 0 Å². The second kappa shape index (κ2) is 9.33. The third-order valence-electron chi connectivity index (χ3n) is 3.05. The summed E-state index contributed by atoms with van der Waals surface area (Å²) in [5, 5.41) is 9.87. The van der Waals surface area contributed by atoms with Gasteiger partial charge < -0.3 is 15.2 Å². The Bertz CT molecular complexity index is 772. The summed E-state index contributed by atoms with van der Waals surface area (Å²) in [6.45, 7) is 0.932. The number of hydrogen-bond acceptors (Lipinski definition) is 4. The van der Waals surface area contributed by atoms with E-state index < -0.39 is 0 Å². The zero-order chi connectivity index (χ0) is 17.4. The normalized spacial score (nSPS) is 10.6. The van der Waals surface area contributed by atoms with Gasteiger partial charge in [0.05, 0.1) is 12.7 Å². The molecule has 0 aliphatic rings. The van der Waals surface area contributed by atoms with Gasteiger partial charge in [-0.25, -0.2) is 0 Å². The van der Waals surface area contributed by atoms with Crippen LogP contribution in [0.2, 0.25) is 5.02 Å². The first-order valence-electron chi connectivity index (χ1n) is 7.22. The van der Waals surface area contributed by atoms with Crippen LogP contribution in [0.15, 0.2) is 42.5 Å². The van der Waals surface area contributed by atoms with E-state index in [0.717, 1.165) is 11.1 Å². The van der Waals surface area contributed by atoms with Gasteiger partial charge in [0.1, 0.15) is 5.75 Å². The van der Waals surface area contributed by atoms with E-state index in [1.165, 1.54) is 6.08 Å². The largest absolute Gasteiger partial charge is 0.489 e. The smallest absolute Gasteiger partial charge is 0.169 e. The van der Waals surface area contributed by atoms with E-state index in [1.807, 2.05) is 24.3 Å². The van der Waals surface area contributed by atoms with Crippen molar-refractivity contribution in [2.75, 3.05) is 11.9 Å². The second-order valence-corrected chi connectivity index (χ2v) is 6.04. The van der Waals surface area contributed by atoms with Gasteiger partial charge in [0.25, 0.3) is 0 Å². The number of rotatable bonds is 7. The average molecular weight is 408 g/mol. The summed E-state index contributed by atoms with van der Waals surface area (Å²) in [5.41, 5.74) is 7.41. The zero-order valence-electron chi connectivity index (χ0n) is 12.8. The van der Waals surface area contributed by atoms with Crippen LogP contribution in [0.25, 0.3) is 6.08 Å². The third kappa shape index (κ3) is 5.27. The van der Waals surface area contributed by atoms with Crippen molar-refractivity contribution in [2.24, 2.45) is 5.73 Å². The van der Waals surface area contributed by atoms with E-state index in [1.54, 1.807) is 24.3 Å². The molecule has 0 aromatic heterocycles. The molecule has 2 N–H and O–H groups in total. The maximum absolute atomic E-state index is 8.64. The van der Waals surface area contributed by atoms with Crippen LogP contribution in [-0.2, 0) is 6.54 Å². The van der Waals surface area contributed by atoms with E-state index in [9.17, 15) is 0 Å². The first kappa shape index (κ1) is 18.3. The van der Waals surface area contributed by atoms with Crippen LogP contribution in [0.4, 0.5) is 0 Å². The Kier molecular flexibility index (Phi) is 7.13. The molecule has 0 spiro atoms. The monoisotopic (exact) mass is 406 g/mol. The van der Waals surface area contributed by atoms with Crippen LogP contribution in [-0.4, -0.2) is 11.9 Å². The average Bonchev–Trinajstić information content (AvgIpc) is 2.58. The number of allylic oxidation sites excluding steroid dienone is 1. The number of hydrogen-bond donors (Lipinski definition) is 1. The molecule has 0 atom stereocenters. The lowest BCUT2D eigenvalue weighted by Gasteiger charge is -2.14. The quantitative estimate of drug-likeness (QED) is 0.523. The van der Waals surface area contributed by atoms with Crippen molar-refractivity contribution < 1.29 is 9.47 Å². The highest BCUT2D eigenvalue weighted by molar-refractivity contribution is 9.09. The highest BCUT2D eigenvalue weighted by Gasteiger charge is 2.09. The Hall–Kier alpha value is -2.00. The number of benzene rings is 2. The van der Waals surface area contributed by atoms with Crippen molar-refractivity contribution in [2.45, 2.75) is 6.54 Å². The van der Waals surface area contributed by atoms with Crippen LogP contribution in [0.1, 0.15) is 11.1 Å². The lowest BCUT2D eigenvalue weighted by molar-refractivity contribution is 0.325. The maximum atomic E-state index is 8.64. The summed E-state index contributed by atoms with van der Waals surface area (Å²) in [7, 11) is 0. The molecule has 124 valence electrons. The standard InChI is InChI=1S/C18H16BrClN2O2/c19-5-7-23-18-10-14(12-22)3-4-17(18)24-16-9-13(2-1-6-21)8-15(20)11-16/h1-4,8-11H,5,7,12,22H2/b2-1+. The molecule has 0 aliphatic heterocycles. The summed E-state index contributed by atoms with van der Waals surface area (Å²) in [6.07, 6.45) is 3.05. The van der Waals surface area contributed by atoms with Gasteiger partial charge in [-0.15, -0.1) is 0 Å². The third-order valence-corrected chi connectivity index (χ3v) is 3.59. The second-order valence-electron chi connectivity index (χ2n) is 4.81. The molecule has 0 bridgehead atoms. The summed E-state index contributed by atoms with van der Waals surface area (Å²) in [6, 6.07) is 12.8. The molecular weight excluding hydrogens is 392 g/mol. The number of ether oxygens (including phenoxy) is 2. The Morgan fingerprint density at radius 3 is 2.75 bits per heavy atom. The fourth-order valence-electron chi connectivity index (χ4n) is 2.03. The van der Waals surface area contributed by atoms with Crippen molar-refractivity contribution in [1.82, 2.24) is 0 Å². The first-order valence-corrected chi connectivity index (χ1v) is 8.72. The minimum absolute atomic E-state index is 0.422. The first-order chi connectivity index (χ1) is 11.7. The molecule has 0 saturated heterocycles. The van der Waals surface area contributed by atoms with Gasteiger partial charge in [-0.05, 0) is 47.5 Å². The van der Waals surface area contributed by atoms with Crippen molar-refractivity contribution in [3.63, 3.8) is 0 Å². The Balaban J connectivity index is 2.31. The molecule has 2 aromatic rings. The van der Waals surface area contributed by atoms with Crippen LogP contribution < -0.4 is 15.2 Å². The Labute approximate surface area is 154 Å². The zero-order valence-corrected chi connectivity index (χ0v) is 15.2. The molecule has 0 unspecified atom stereocenters. The Morgan fingerprint density at radius 1 is 1.21 bits per heavy atom. The van der Waals surface area contributed by atoms with Crippen LogP contribution in [0, 0.1) is 11.3 Å². The number of nitrogens with two attached hydrogens (primary N) is 1. The molecule has 0 heterocycles. The van der Waals surface area contributed by atoms with Gasteiger partial charge in [-0.3, -0.25) is 0 Å². The highest BCUT2D eigenvalue weighted by Crippen LogP contribution is 2.34. The molecule has 0 fully saturated rings. The van der Waals surface area contributed by atoms with Crippen molar-refractivity contribution in [3.05, 3.63) is 58.6 Å². The molecule has 0 aliphatic carbocycles. The molecule has 2 aromatic carbocycles. The molecule has 2 rings (SSSR count). The molecule has 0 saturated carbocycles. The molecule has 0 radical (unpaired) electrons. The minimum Gasteiger partial charge on any atom is -0.489 e. The van der Waals surface area contributed by atoms with E-state index in [0.29, 0.717) is 40.8 Å². The summed E-state index contributed by atoms with van der Waals surface area (Å²) in [5.74, 6) is 1.75. The van der Waals surface area contributed by atoms with Gasteiger partial charge >= 0.3 is 0 Å². The van der Waals surface area contributed by atoms with Crippen molar-refractivity contribution in [1.29, 1.82) is 5.26 Å². The lowest BCUT2D eigenvalue weighted by atomic mass is 10.2. The van der Waals surface area contributed by atoms with Gasteiger partial charge in [-0.2, -0.15) is 5.26 Å². The summed E-state index contributed by atoms with van der Waals surface area (Å²) < 4.78 is 11.6. The van der Waals surface area contributed by atoms with Crippen molar-refractivity contribution >= 4 is 33.6 Å². The van der Waals surface area contributed by atoms with Crippen molar-refractivity contribution in [3.8, 4) is 23.3 Å². The fourth-order valence-corrected chi connectivity index (χ4v) is 2.42. The van der Waals surface area contributed by atoms with E-state index in [2.05, 4.69) is 15.9 Å². The van der Waals surface area contributed by atoms with Gasteiger partial charge in [-0.1, -0.05) is 33.6 Å². The summed E-state index contributed by atoms with van der Waals surface area (Å²) >= 11 is 9.45. The van der Waals surface area contributed by atoms with Gasteiger partial charge in [0.2, 0.25) is 0 Å². The number of halogens is 2. The number of alkyl halides is 1. The van der Waals surface area contributed by atoms with Crippen LogP contribution >= 0.6 is 27.5 Å². The molecule has 4 nitrogen and oxygen atoms in total. The number of nitrogens with zero attached hydrogens (tertiary/aromatic N) is 1. The maximum Gasteiger partial charge on any atom is 0.169 e. The van der Waals surface area contributed by atoms with Crippen LogP contribution in [0.3, 0.4) is 0 Å². The summed E-state index contributed by atoms with van der Waals surface area (Å²) in [4.78, 5) is 0. The number of nitriles is 1. The lowest BCUT2D eigenvalue weighted by Crippen LogP contribution is -2.02. The predicted molar refractivity (Wildman–Crippen MR) is 99.8 cm³/mol. The fraction of sp³-hybridized carbons (Fsp3) is 0.167. The molecular formula is C18H16BrClN2O2. The van der Waals surface area contributed by atoms with Crippen LogP contribution in [0.5, 0.6) is 17.2 Å². The van der Waals surface area contributed by atoms with Gasteiger partial charge in [0.15, 0.2) is 11.5 Å². The SMILES string of the molecule is N#C/C=C/c1cc(Cl)cc(Oc2ccc(CN)cc2OCCBr)c1. The topological polar surface area (TPSA) is 68.3 Å². The van der Waals surface area contributed by atoms with E-state index >= 15 is 0 Å². The van der Waals surface area contributed by atoms with E-state index in [4.69, 9.17) is 32.1 Å². The predicted octanol–water partition coefficient (Wildman–Crippen LogP) is 4.90. The highest BCUT2D eigenvalue weighted by atomic mass is 79.9.